The smallest absolute Gasteiger partial charge is 0.296 e. The van der Waals surface area contributed by atoms with Crippen LogP contribution >= 0.6 is 24.0 Å². The zero-order valence-electron chi connectivity index (χ0n) is 24.4. The topological polar surface area (TPSA) is 99.5 Å². The fourth-order valence-electron chi connectivity index (χ4n) is 5.54. The molecular weight excluding hydrogens is 571 g/mol. The highest BCUT2D eigenvalue weighted by Gasteiger charge is 2.38. The van der Waals surface area contributed by atoms with Gasteiger partial charge in [-0.15, -0.1) is 0 Å². The van der Waals surface area contributed by atoms with Crippen LogP contribution in [0.1, 0.15) is 35.7 Å². The Kier molecular flexibility index (Phi) is 8.28. The first-order valence-electron chi connectivity index (χ1n) is 13.8. The molecule has 1 aromatic carbocycles. The standard InChI is InChI=1S/C30H33N7O3S2/c1-6-12-35-26(34-15-13-32(4)14-16-34)22(19(2)23(18-31)27(35)38)17-24-28(39)36(30(41)42-24)25-20(3)33(5)37(29(25)40)21-10-8-7-9-11-21/h7-11,17H,6,12-16H2,1-5H3. The molecule has 0 N–H and O–H groups in total. The molecule has 2 aliphatic heterocycles. The number of benzene rings is 1. The summed E-state index contributed by atoms with van der Waals surface area (Å²) in [6.07, 6.45) is 2.44. The number of pyridine rings is 1. The van der Waals surface area contributed by atoms with Gasteiger partial charge in [0.05, 0.1) is 16.3 Å². The molecular formula is C30H33N7O3S2. The minimum atomic E-state index is -0.411. The zero-order valence-corrected chi connectivity index (χ0v) is 26.0. The summed E-state index contributed by atoms with van der Waals surface area (Å²) < 4.78 is 5.15. The van der Waals surface area contributed by atoms with Crippen molar-refractivity contribution in [2.24, 2.45) is 7.05 Å². The number of hydrogen-bond acceptors (Lipinski definition) is 8. The molecule has 2 aromatic heterocycles. The van der Waals surface area contributed by atoms with Crippen molar-refractivity contribution < 1.29 is 4.79 Å². The molecule has 218 valence electrons. The van der Waals surface area contributed by atoms with Gasteiger partial charge in [0.25, 0.3) is 17.0 Å². The van der Waals surface area contributed by atoms with E-state index in [1.165, 1.54) is 9.58 Å². The normalized spacial score (nSPS) is 17.0. The maximum atomic E-state index is 14.0. The molecule has 5 rings (SSSR count). The summed E-state index contributed by atoms with van der Waals surface area (Å²) in [5, 5.41) is 9.94. The average molecular weight is 604 g/mol. The predicted octanol–water partition coefficient (Wildman–Crippen LogP) is 3.39. The minimum absolute atomic E-state index is 0.0627. The number of likely N-dealkylation sites (N-methyl/N-ethyl adjacent to an activating group) is 1. The van der Waals surface area contributed by atoms with Gasteiger partial charge in [-0.05, 0) is 51.1 Å². The molecule has 2 saturated heterocycles. The molecule has 2 fully saturated rings. The molecule has 0 bridgehead atoms. The molecule has 3 aromatic rings. The van der Waals surface area contributed by atoms with Gasteiger partial charge in [-0.1, -0.05) is 49.1 Å². The van der Waals surface area contributed by atoms with Crippen LogP contribution in [0.25, 0.3) is 11.8 Å². The molecule has 10 nitrogen and oxygen atoms in total. The third kappa shape index (κ3) is 4.91. The van der Waals surface area contributed by atoms with Crippen molar-refractivity contribution >= 4 is 51.8 Å². The predicted molar refractivity (Wildman–Crippen MR) is 172 cm³/mol. The van der Waals surface area contributed by atoms with Gasteiger partial charge in [0, 0.05) is 45.3 Å². The molecule has 0 radical (unpaired) electrons. The van der Waals surface area contributed by atoms with E-state index in [0.717, 1.165) is 24.9 Å². The van der Waals surface area contributed by atoms with E-state index in [9.17, 15) is 19.6 Å². The molecule has 0 unspecified atom stereocenters. The van der Waals surface area contributed by atoms with Crippen LogP contribution in [-0.2, 0) is 18.4 Å². The third-order valence-electron chi connectivity index (χ3n) is 7.91. The lowest BCUT2D eigenvalue weighted by molar-refractivity contribution is -0.113. The summed E-state index contributed by atoms with van der Waals surface area (Å²) in [5.41, 5.74) is 2.04. The molecule has 0 spiro atoms. The van der Waals surface area contributed by atoms with Gasteiger partial charge in [-0.2, -0.15) is 5.26 Å². The molecule has 2 aliphatic rings. The number of hydrogen-bond donors (Lipinski definition) is 0. The lowest BCUT2D eigenvalue weighted by Crippen LogP contribution is -2.47. The van der Waals surface area contributed by atoms with Crippen molar-refractivity contribution in [1.82, 2.24) is 18.8 Å². The zero-order chi connectivity index (χ0) is 30.3. The monoisotopic (exact) mass is 603 g/mol. The van der Waals surface area contributed by atoms with Gasteiger partial charge < -0.3 is 9.80 Å². The third-order valence-corrected chi connectivity index (χ3v) is 9.22. The van der Waals surface area contributed by atoms with Gasteiger partial charge in [-0.25, -0.2) is 4.68 Å². The Morgan fingerprint density at radius 1 is 1.02 bits per heavy atom. The maximum absolute atomic E-state index is 14.0. The van der Waals surface area contributed by atoms with E-state index in [1.54, 1.807) is 36.2 Å². The summed E-state index contributed by atoms with van der Waals surface area (Å²) in [6.45, 7) is 9.02. The quantitative estimate of drug-likeness (QED) is 0.312. The van der Waals surface area contributed by atoms with Crippen molar-refractivity contribution in [2.45, 2.75) is 33.7 Å². The number of rotatable bonds is 6. The Bertz CT molecular complexity index is 1770. The number of carbonyl (C=O) groups excluding carboxylic acids is 1. The number of aromatic nitrogens is 3. The van der Waals surface area contributed by atoms with Crippen LogP contribution < -0.4 is 20.9 Å². The SMILES string of the molecule is CCCn1c(N2CCN(C)CC2)c(C=C2SC(=S)N(c3c(C)n(C)n(-c4ccccc4)c3=O)C2=O)c(C)c(C#N)c1=O. The Labute approximate surface area is 254 Å². The van der Waals surface area contributed by atoms with Crippen molar-refractivity contribution in [3.8, 4) is 11.8 Å². The van der Waals surface area contributed by atoms with E-state index in [1.807, 2.05) is 37.3 Å². The first kappa shape index (κ1) is 29.6. The van der Waals surface area contributed by atoms with E-state index in [2.05, 4.69) is 22.9 Å². The number of para-hydroxylation sites is 1. The number of piperazine rings is 1. The summed E-state index contributed by atoms with van der Waals surface area (Å²) in [5.74, 6) is 0.297. The second kappa shape index (κ2) is 11.8. The number of nitriles is 1. The number of nitrogens with zero attached hydrogens (tertiary/aromatic N) is 7. The number of amides is 1. The van der Waals surface area contributed by atoms with Crippen LogP contribution in [0.2, 0.25) is 0 Å². The highest BCUT2D eigenvalue weighted by molar-refractivity contribution is 8.27. The summed E-state index contributed by atoms with van der Waals surface area (Å²) >= 11 is 6.78. The number of carbonyl (C=O) groups is 1. The van der Waals surface area contributed by atoms with Crippen LogP contribution in [0.5, 0.6) is 0 Å². The molecule has 12 heteroatoms. The molecule has 1 amide bonds. The first-order valence-corrected chi connectivity index (χ1v) is 15.1. The average Bonchev–Trinajstić information content (AvgIpc) is 3.37. The summed E-state index contributed by atoms with van der Waals surface area (Å²) in [4.78, 5) is 47.2. The highest BCUT2D eigenvalue weighted by Crippen LogP contribution is 2.38. The second-order valence-electron chi connectivity index (χ2n) is 10.5. The van der Waals surface area contributed by atoms with Crippen molar-refractivity contribution in [2.75, 3.05) is 43.0 Å². The number of anilines is 2. The molecule has 0 aliphatic carbocycles. The second-order valence-corrected chi connectivity index (χ2v) is 12.2. The van der Waals surface area contributed by atoms with Gasteiger partial charge in [-0.3, -0.25) is 28.5 Å². The van der Waals surface area contributed by atoms with Crippen LogP contribution in [0, 0.1) is 25.2 Å². The van der Waals surface area contributed by atoms with Crippen LogP contribution in [0.4, 0.5) is 11.5 Å². The Hall–Kier alpha value is -3.92. The minimum Gasteiger partial charge on any atom is -0.355 e. The van der Waals surface area contributed by atoms with Gasteiger partial charge in [0.1, 0.15) is 23.1 Å². The Morgan fingerprint density at radius 2 is 1.69 bits per heavy atom. The Morgan fingerprint density at radius 3 is 2.31 bits per heavy atom. The van der Waals surface area contributed by atoms with E-state index in [0.29, 0.717) is 59.3 Å². The summed E-state index contributed by atoms with van der Waals surface area (Å²) in [7, 11) is 3.83. The van der Waals surface area contributed by atoms with Crippen LogP contribution in [0.3, 0.4) is 0 Å². The number of thioether (sulfide) groups is 1. The lowest BCUT2D eigenvalue weighted by Gasteiger charge is -2.36. The molecule has 0 atom stereocenters. The molecule has 0 saturated carbocycles. The van der Waals surface area contributed by atoms with Crippen LogP contribution in [-0.4, -0.2) is 62.3 Å². The van der Waals surface area contributed by atoms with Crippen LogP contribution in [0.15, 0.2) is 44.8 Å². The van der Waals surface area contributed by atoms with Gasteiger partial charge in [0.2, 0.25) is 0 Å². The number of thiocarbonyl (C=S) groups is 1. The van der Waals surface area contributed by atoms with Crippen molar-refractivity contribution in [3.05, 3.63) is 78.3 Å². The Balaban J connectivity index is 1.66. The van der Waals surface area contributed by atoms with Crippen molar-refractivity contribution in [1.29, 1.82) is 5.26 Å². The fraction of sp³-hybridized carbons (Fsp3) is 0.367. The largest absolute Gasteiger partial charge is 0.355 e. The van der Waals surface area contributed by atoms with E-state index < -0.39 is 5.91 Å². The maximum Gasteiger partial charge on any atom is 0.296 e. The first-order chi connectivity index (χ1) is 20.1. The van der Waals surface area contributed by atoms with Gasteiger partial charge >= 0.3 is 0 Å². The highest BCUT2D eigenvalue weighted by atomic mass is 32.2. The molecule has 42 heavy (non-hydrogen) atoms. The van der Waals surface area contributed by atoms with Crippen molar-refractivity contribution in [3.63, 3.8) is 0 Å². The lowest BCUT2D eigenvalue weighted by atomic mass is 10.0. The van der Waals surface area contributed by atoms with E-state index in [4.69, 9.17) is 12.2 Å². The summed E-state index contributed by atoms with van der Waals surface area (Å²) in [6, 6.07) is 11.3. The van der Waals surface area contributed by atoms with Gasteiger partial charge in [0.15, 0.2) is 4.32 Å². The van der Waals surface area contributed by atoms with E-state index in [-0.39, 0.29) is 26.7 Å². The van der Waals surface area contributed by atoms with E-state index >= 15 is 0 Å². The fourth-order valence-corrected chi connectivity index (χ4v) is 6.79. The molecule has 4 heterocycles.